The third kappa shape index (κ3) is 5.00. The molecule has 0 aliphatic carbocycles. The Morgan fingerprint density at radius 1 is 0.720 bits per heavy atom. The van der Waals surface area contributed by atoms with Crippen molar-refractivity contribution >= 4 is 23.2 Å². The molecular weight excluding hydrogens is 351 g/mol. The predicted molar refractivity (Wildman–Crippen MR) is 109 cm³/mol. The monoisotopic (exact) mass is 378 g/mol. The highest BCUT2D eigenvalue weighted by molar-refractivity contribution is 6.31. The maximum atomic E-state index is 6.28. The Morgan fingerprint density at radius 3 is 1.40 bits per heavy atom. The first kappa shape index (κ1) is 20.3. The molecule has 2 aromatic carbocycles. The number of ether oxygens (including phenoxy) is 1. The zero-order valence-corrected chi connectivity index (χ0v) is 17.6. The average Bonchev–Trinajstić information content (AvgIpc) is 2.52. The molecule has 2 aromatic rings. The molecule has 0 aliphatic heterocycles. The highest BCUT2D eigenvalue weighted by Gasteiger charge is 2.26. The molecule has 0 amide bonds. The number of halogens is 2. The second kappa shape index (κ2) is 7.70. The van der Waals surface area contributed by atoms with E-state index in [-0.39, 0.29) is 10.8 Å². The van der Waals surface area contributed by atoms with E-state index in [1.54, 1.807) is 0 Å². The zero-order valence-electron chi connectivity index (χ0n) is 16.0. The fraction of sp³-hybridized carbons (Fsp3) is 0.455. The van der Waals surface area contributed by atoms with Crippen LogP contribution in [0.2, 0.25) is 10.0 Å². The Morgan fingerprint density at radius 2 is 1.08 bits per heavy atom. The Bertz CT molecular complexity index is 684. The molecule has 0 atom stereocenters. The van der Waals surface area contributed by atoms with Crippen molar-refractivity contribution in [3.05, 3.63) is 68.7 Å². The lowest BCUT2D eigenvalue weighted by Crippen LogP contribution is -2.30. The van der Waals surface area contributed by atoms with Crippen molar-refractivity contribution in [2.75, 3.05) is 13.2 Å². The molecule has 0 spiro atoms. The molecule has 0 fully saturated rings. The van der Waals surface area contributed by atoms with E-state index in [4.69, 9.17) is 27.9 Å². The summed E-state index contributed by atoms with van der Waals surface area (Å²) in [5, 5.41) is 1.61. The van der Waals surface area contributed by atoms with Crippen LogP contribution >= 0.6 is 23.2 Å². The van der Waals surface area contributed by atoms with Crippen LogP contribution in [0.1, 0.15) is 49.9 Å². The van der Waals surface area contributed by atoms with Crippen LogP contribution < -0.4 is 0 Å². The lowest BCUT2D eigenvalue weighted by atomic mass is 9.84. The summed E-state index contributed by atoms with van der Waals surface area (Å²) >= 11 is 12.6. The Labute approximate surface area is 162 Å². The molecule has 0 saturated carbocycles. The average molecular weight is 379 g/mol. The van der Waals surface area contributed by atoms with Crippen molar-refractivity contribution in [2.45, 2.75) is 52.4 Å². The van der Waals surface area contributed by atoms with Crippen molar-refractivity contribution in [1.82, 2.24) is 0 Å². The zero-order chi connectivity index (χ0) is 18.8. The summed E-state index contributed by atoms with van der Waals surface area (Å²) in [7, 11) is 0. The first-order valence-electron chi connectivity index (χ1n) is 8.64. The van der Waals surface area contributed by atoms with E-state index >= 15 is 0 Å². The number of rotatable bonds is 6. The molecule has 0 N–H and O–H groups in total. The van der Waals surface area contributed by atoms with Crippen LogP contribution in [-0.4, -0.2) is 13.2 Å². The Balaban J connectivity index is 2.04. The number of hydrogen-bond donors (Lipinski definition) is 0. The molecule has 0 aromatic heterocycles. The van der Waals surface area contributed by atoms with Gasteiger partial charge < -0.3 is 4.74 Å². The third-order valence-electron chi connectivity index (χ3n) is 4.83. The van der Waals surface area contributed by atoms with Gasteiger partial charge in [-0.2, -0.15) is 0 Å². The van der Waals surface area contributed by atoms with Crippen LogP contribution in [0.5, 0.6) is 0 Å². The van der Waals surface area contributed by atoms with Crippen LogP contribution in [0.15, 0.2) is 36.4 Å². The SMILES string of the molecule is Cc1ccc(C(C)(C)COCC(C)(C)c2ccc(C)c(Cl)c2)cc1Cl. The molecule has 2 rings (SSSR count). The molecule has 0 radical (unpaired) electrons. The quantitative estimate of drug-likeness (QED) is 0.531. The molecule has 0 saturated heterocycles. The molecule has 136 valence electrons. The minimum absolute atomic E-state index is 0.0989. The van der Waals surface area contributed by atoms with E-state index in [9.17, 15) is 0 Å². The van der Waals surface area contributed by atoms with Gasteiger partial charge in [0.25, 0.3) is 0 Å². The Hall–Kier alpha value is -1.02. The van der Waals surface area contributed by atoms with Gasteiger partial charge in [-0.1, -0.05) is 75.2 Å². The van der Waals surface area contributed by atoms with Gasteiger partial charge in [0.05, 0.1) is 13.2 Å². The minimum Gasteiger partial charge on any atom is -0.380 e. The van der Waals surface area contributed by atoms with E-state index in [0.29, 0.717) is 13.2 Å². The highest BCUT2D eigenvalue weighted by atomic mass is 35.5. The van der Waals surface area contributed by atoms with Crippen LogP contribution in [0.4, 0.5) is 0 Å². The number of benzene rings is 2. The van der Waals surface area contributed by atoms with Gasteiger partial charge in [-0.25, -0.2) is 0 Å². The van der Waals surface area contributed by atoms with E-state index in [2.05, 4.69) is 52.0 Å². The molecule has 25 heavy (non-hydrogen) atoms. The summed E-state index contributed by atoms with van der Waals surface area (Å²) in [6.45, 7) is 14.0. The second-order valence-electron chi connectivity index (χ2n) is 8.19. The standard InChI is InChI=1S/C22H28Cl2O/c1-15-7-9-17(11-19(15)23)21(3,4)13-25-14-22(5,6)18-10-8-16(2)20(24)12-18/h7-12H,13-14H2,1-6H3. The van der Waals surface area contributed by atoms with Crippen molar-refractivity contribution in [1.29, 1.82) is 0 Å². The van der Waals surface area contributed by atoms with Gasteiger partial charge in [0.1, 0.15) is 0 Å². The molecular formula is C22H28Cl2O. The van der Waals surface area contributed by atoms with E-state index < -0.39 is 0 Å². The normalized spacial score (nSPS) is 12.5. The second-order valence-corrected chi connectivity index (χ2v) is 9.00. The van der Waals surface area contributed by atoms with E-state index in [0.717, 1.165) is 21.2 Å². The lowest BCUT2D eigenvalue weighted by molar-refractivity contribution is 0.0634. The maximum absolute atomic E-state index is 6.28. The molecule has 0 bridgehead atoms. The summed E-state index contributed by atoms with van der Waals surface area (Å²) < 4.78 is 6.13. The van der Waals surface area contributed by atoms with Gasteiger partial charge in [-0.15, -0.1) is 0 Å². The fourth-order valence-electron chi connectivity index (χ4n) is 2.76. The number of hydrogen-bond acceptors (Lipinski definition) is 1. The molecule has 0 aliphatic rings. The summed E-state index contributed by atoms with van der Waals surface area (Å²) in [6.07, 6.45) is 0. The Kier molecular flexibility index (Phi) is 6.25. The van der Waals surface area contributed by atoms with Crippen molar-refractivity contribution in [3.8, 4) is 0 Å². The maximum Gasteiger partial charge on any atom is 0.0558 e. The molecule has 1 nitrogen and oxygen atoms in total. The first-order chi connectivity index (χ1) is 11.5. The topological polar surface area (TPSA) is 9.23 Å². The van der Waals surface area contributed by atoms with Gasteiger partial charge >= 0.3 is 0 Å². The van der Waals surface area contributed by atoms with Crippen LogP contribution in [0.3, 0.4) is 0 Å². The fourth-order valence-corrected chi connectivity index (χ4v) is 3.12. The number of aryl methyl sites for hydroxylation is 2. The van der Waals surface area contributed by atoms with Crippen LogP contribution in [0, 0.1) is 13.8 Å². The summed E-state index contributed by atoms with van der Waals surface area (Å²) in [6, 6.07) is 12.5. The molecule has 3 heteroatoms. The van der Waals surface area contributed by atoms with Gasteiger partial charge in [0.2, 0.25) is 0 Å². The van der Waals surface area contributed by atoms with Crippen molar-refractivity contribution < 1.29 is 4.74 Å². The van der Waals surface area contributed by atoms with Gasteiger partial charge in [0, 0.05) is 20.9 Å². The lowest BCUT2D eigenvalue weighted by Gasteiger charge is -2.30. The molecule has 0 heterocycles. The summed E-state index contributed by atoms with van der Waals surface area (Å²) in [5.74, 6) is 0. The predicted octanol–water partition coefficient (Wildman–Crippen LogP) is 6.88. The van der Waals surface area contributed by atoms with Gasteiger partial charge in [-0.05, 0) is 48.2 Å². The van der Waals surface area contributed by atoms with Gasteiger partial charge in [0.15, 0.2) is 0 Å². The highest BCUT2D eigenvalue weighted by Crippen LogP contribution is 2.31. The van der Waals surface area contributed by atoms with Crippen molar-refractivity contribution in [3.63, 3.8) is 0 Å². The molecule has 0 unspecified atom stereocenters. The van der Waals surface area contributed by atoms with E-state index in [1.807, 2.05) is 26.0 Å². The summed E-state index contributed by atoms with van der Waals surface area (Å²) in [4.78, 5) is 0. The van der Waals surface area contributed by atoms with Gasteiger partial charge in [-0.3, -0.25) is 0 Å². The van der Waals surface area contributed by atoms with E-state index in [1.165, 1.54) is 11.1 Å². The van der Waals surface area contributed by atoms with Crippen molar-refractivity contribution in [2.24, 2.45) is 0 Å². The van der Waals surface area contributed by atoms with Crippen LogP contribution in [0.25, 0.3) is 0 Å². The minimum atomic E-state index is -0.0989. The summed E-state index contributed by atoms with van der Waals surface area (Å²) in [5.41, 5.74) is 4.38. The smallest absolute Gasteiger partial charge is 0.0558 e. The van der Waals surface area contributed by atoms with Crippen LogP contribution in [-0.2, 0) is 15.6 Å². The first-order valence-corrected chi connectivity index (χ1v) is 9.39. The largest absolute Gasteiger partial charge is 0.380 e. The third-order valence-corrected chi connectivity index (χ3v) is 5.65.